The van der Waals surface area contributed by atoms with E-state index in [2.05, 4.69) is 59.6 Å². The number of hydrogen-bond donors (Lipinski definition) is 1. The monoisotopic (exact) mass is 316 g/mol. The van der Waals surface area contributed by atoms with Crippen molar-refractivity contribution in [2.75, 3.05) is 20.1 Å². The predicted molar refractivity (Wildman–Crippen MR) is 95.3 cm³/mol. The van der Waals surface area contributed by atoms with E-state index in [0.29, 0.717) is 6.04 Å². The molecule has 0 saturated heterocycles. The van der Waals surface area contributed by atoms with Gasteiger partial charge in [-0.3, -0.25) is 4.90 Å². The lowest BCUT2D eigenvalue weighted by Crippen LogP contribution is -2.28. The Kier molecular flexibility index (Phi) is 6.91. The lowest BCUT2D eigenvalue weighted by Gasteiger charge is -2.24. The van der Waals surface area contributed by atoms with E-state index in [1.54, 1.807) is 0 Å². The first-order chi connectivity index (χ1) is 10.7. The molecule has 22 heavy (non-hydrogen) atoms. The van der Waals surface area contributed by atoms with Crippen LogP contribution in [0, 0.1) is 0 Å². The molecule has 0 aromatic heterocycles. The third-order valence-electron chi connectivity index (χ3n) is 4.05. The fourth-order valence-electron chi connectivity index (χ4n) is 2.68. The molecule has 1 atom stereocenters. The fourth-order valence-corrected chi connectivity index (χ4v) is 2.80. The second-order valence-electron chi connectivity index (χ2n) is 5.54. The molecule has 2 nitrogen and oxygen atoms in total. The van der Waals surface area contributed by atoms with Crippen molar-refractivity contribution in [3.8, 4) is 0 Å². The summed E-state index contributed by atoms with van der Waals surface area (Å²) in [7, 11) is 2.02. The molecule has 0 radical (unpaired) electrons. The molecule has 0 fully saturated rings. The van der Waals surface area contributed by atoms with Gasteiger partial charge in [0.25, 0.3) is 0 Å². The topological polar surface area (TPSA) is 15.3 Å². The Morgan fingerprint density at radius 3 is 2.32 bits per heavy atom. The van der Waals surface area contributed by atoms with Gasteiger partial charge in [0.2, 0.25) is 0 Å². The summed E-state index contributed by atoms with van der Waals surface area (Å²) in [6.07, 6.45) is 1.08. The summed E-state index contributed by atoms with van der Waals surface area (Å²) in [5, 5.41) is 4.20. The number of nitrogens with one attached hydrogen (secondary N) is 1. The Hall–Kier alpha value is -1.35. The van der Waals surface area contributed by atoms with Crippen LogP contribution in [-0.2, 0) is 6.54 Å². The fraction of sp³-hybridized carbons (Fsp3) is 0.368. The lowest BCUT2D eigenvalue weighted by atomic mass is 10.0. The summed E-state index contributed by atoms with van der Waals surface area (Å²) in [5.41, 5.74) is 2.67. The predicted octanol–water partition coefficient (Wildman–Crippen LogP) is 4.51. The minimum Gasteiger partial charge on any atom is -0.313 e. The average Bonchev–Trinajstić information content (AvgIpc) is 2.56. The quantitative estimate of drug-likeness (QED) is 0.770. The first kappa shape index (κ1) is 17.0. The van der Waals surface area contributed by atoms with Crippen molar-refractivity contribution < 1.29 is 0 Å². The third-order valence-corrected chi connectivity index (χ3v) is 4.30. The zero-order valence-corrected chi connectivity index (χ0v) is 14.2. The molecule has 0 saturated carbocycles. The van der Waals surface area contributed by atoms with Gasteiger partial charge < -0.3 is 5.32 Å². The Balaban J connectivity index is 1.91. The van der Waals surface area contributed by atoms with Crippen LogP contribution in [0.2, 0.25) is 5.02 Å². The number of nitrogens with zero attached hydrogens (tertiary/aromatic N) is 1. The standard InChI is InChI=1S/C19H25ClN2/c1-3-22(15-16-7-5-4-6-8-16)14-13-19(21-2)17-9-11-18(20)12-10-17/h4-12,19,21H,3,13-15H2,1-2H3. The maximum Gasteiger partial charge on any atom is 0.0406 e. The molecular formula is C19H25ClN2. The average molecular weight is 317 g/mol. The molecular weight excluding hydrogens is 292 g/mol. The zero-order chi connectivity index (χ0) is 15.8. The second kappa shape index (κ2) is 8.94. The highest BCUT2D eigenvalue weighted by molar-refractivity contribution is 6.30. The van der Waals surface area contributed by atoms with E-state index in [9.17, 15) is 0 Å². The Morgan fingerprint density at radius 1 is 1.05 bits per heavy atom. The number of rotatable bonds is 8. The summed E-state index contributed by atoms with van der Waals surface area (Å²) >= 11 is 5.97. The molecule has 0 bridgehead atoms. The summed E-state index contributed by atoms with van der Waals surface area (Å²) in [6, 6.07) is 19.2. The van der Waals surface area contributed by atoms with Crippen LogP contribution >= 0.6 is 11.6 Å². The van der Waals surface area contributed by atoms with E-state index in [0.717, 1.165) is 31.1 Å². The van der Waals surface area contributed by atoms with Gasteiger partial charge in [0.15, 0.2) is 0 Å². The van der Waals surface area contributed by atoms with Crippen molar-refractivity contribution in [3.05, 3.63) is 70.7 Å². The number of benzene rings is 2. The number of halogens is 1. The van der Waals surface area contributed by atoms with Crippen molar-refractivity contribution >= 4 is 11.6 Å². The maximum atomic E-state index is 5.97. The van der Waals surface area contributed by atoms with Crippen molar-refractivity contribution in [2.45, 2.75) is 25.9 Å². The van der Waals surface area contributed by atoms with Crippen molar-refractivity contribution in [1.29, 1.82) is 0 Å². The van der Waals surface area contributed by atoms with E-state index in [-0.39, 0.29) is 0 Å². The Bertz CT molecular complexity index is 539. The second-order valence-corrected chi connectivity index (χ2v) is 5.97. The van der Waals surface area contributed by atoms with Crippen LogP contribution in [0.15, 0.2) is 54.6 Å². The smallest absolute Gasteiger partial charge is 0.0406 e. The molecule has 2 aromatic carbocycles. The molecule has 0 aliphatic heterocycles. The minimum atomic E-state index is 0.363. The zero-order valence-electron chi connectivity index (χ0n) is 13.4. The SMILES string of the molecule is CCN(CCC(NC)c1ccc(Cl)cc1)Cc1ccccc1. The van der Waals surface area contributed by atoms with E-state index in [1.165, 1.54) is 11.1 Å². The van der Waals surface area contributed by atoms with Gasteiger partial charge in [-0.25, -0.2) is 0 Å². The van der Waals surface area contributed by atoms with Crippen LogP contribution in [0.5, 0.6) is 0 Å². The van der Waals surface area contributed by atoms with Gasteiger partial charge in [0.05, 0.1) is 0 Å². The van der Waals surface area contributed by atoms with E-state index in [1.807, 2.05) is 19.2 Å². The Labute approximate surface area is 139 Å². The van der Waals surface area contributed by atoms with Gasteiger partial charge in [0.1, 0.15) is 0 Å². The molecule has 1 N–H and O–H groups in total. The highest BCUT2D eigenvalue weighted by atomic mass is 35.5. The summed E-state index contributed by atoms with van der Waals surface area (Å²) in [4.78, 5) is 2.48. The van der Waals surface area contributed by atoms with Crippen molar-refractivity contribution in [3.63, 3.8) is 0 Å². The molecule has 0 amide bonds. The van der Waals surface area contributed by atoms with E-state index in [4.69, 9.17) is 11.6 Å². The first-order valence-electron chi connectivity index (χ1n) is 7.92. The minimum absolute atomic E-state index is 0.363. The van der Waals surface area contributed by atoms with E-state index >= 15 is 0 Å². The molecule has 0 aliphatic carbocycles. The molecule has 2 aromatic rings. The van der Waals surface area contributed by atoms with Crippen LogP contribution in [0.4, 0.5) is 0 Å². The molecule has 3 heteroatoms. The van der Waals surface area contributed by atoms with Gasteiger partial charge in [-0.05, 0) is 43.3 Å². The summed E-state index contributed by atoms with van der Waals surface area (Å²) in [6.45, 7) is 5.36. The first-order valence-corrected chi connectivity index (χ1v) is 8.29. The van der Waals surface area contributed by atoms with Gasteiger partial charge in [0, 0.05) is 24.2 Å². The van der Waals surface area contributed by atoms with Gasteiger partial charge in [-0.1, -0.05) is 61.0 Å². The highest BCUT2D eigenvalue weighted by Gasteiger charge is 2.11. The molecule has 1 unspecified atom stereocenters. The third kappa shape index (κ3) is 5.13. The van der Waals surface area contributed by atoms with Crippen LogP contribution in [-0.4, -0.2) is 25.0 Å². The van der Waals surface area contributed by atoms with Crippen molar-refractivity contribution in [1.82, 2.24) is 10.2 Å². The molecule has 0 spiro atoms. The largest absolute Gasteiger partial charge is 0.313 e. The molecule has 0 heterocycles. The van der Waals surface area contributed by atoms with Crippen LogP contribution in [0.3, 0.4) is 0 Å². The van der Waals surface area contributed by atoms with Crippen LogP contribution < -0.4 is 5.32 Å². The van der Waals surface area contributed by atoms with Crippen molar-refractivity contribution in [2.24, 2.45) is 0 Å². The number of hydrogen-bond acceptors (Lipinski definition) is 2. The van der Waals surface area contributed by atoms with Gasteiger partial charge in [-0.15, -0.1) is 0 Å². The van der Waals surface area contributed by atoms with Gasteiger partial charge >= 0.3 is 0 Å². The lowest BCUT2D eigenvalue weighted by molar-refractivity contribution is 0.263. The normalized spacial score (nSPS) is 12.5. The van der Waals surface area contributed by atoms with E-state index < -0.39 is 0 Å². The molecule has 118 valence electrons. The van der Waals surface area contributed by atoms with Gasteiger partial charge in [-0.2, -0.15) is 0 Å². The highest BCUT2D eigenvalue weighted by Crippen LogP contribution is 2.19. The van der Waals surface area contributed by atoms with Crippen LogP contribution in [0.1, 0.15) is 30.5 Å². The molecule has 2 rings (SSSR count). The molecule has 0 aliphatic rings. The maximum absolute atomic E-state index is 5.97. The Morgan fingerprint density at radius 2 is 1.73 bits per heavy atom. The summed E-state index contributed by atoms with van der Waals surface area (Å²) < 4.78 is 0. The summed E-state index contributed by atoms with van der Waals surface area (Å²) in [5.74, 6) is 0. The van der Waals surface area contributed by atoms with Crippen LogP contribution in [0.25, 0.3) is 0 Å².